The van der Waals surface area contributed by atoms with Gasteiger partial charge in [-0.2, -0.15) is 0 Å². The molecule has 0 saturated heterocycles. The molecule has 0 radical (unpaired) electrons. The molecule has 10 heteroatoms. The Morgan fingerprint density at radius 1 is 1.15 bits per heavy atom. The van der Waals surface area contributed by atoms with Crippen LogP contribution in [0.4, 0.5) is 0 Å². The zero-order valence-corrected chi connectivity index (χ0v) is 24.6. The summed E-state index contributed by atoms with van der Waals surface area (Å²) < 4.78 is 19.1. The van der Waals surface area contributed by atoms with Gasteiger partial charge < -0.3 is 13.9 Å². The van der Waals surface area contributed by atoms with Crippen molar-refractivity contribution in [1.29, 1.82) is 0 Å². The number of carbonyl (C=O) groups is 1. The van der Waals surface area contributed by atoms with E-state index in [2.05, 4.69) is 4.99 Å². The first-order valence-electron chi connectivity index (χ1n) is 12.7. The van der Waals surface area contributed by atoms with E-state index in [1.165, 1.54) is 15.9 Å². The lowest BCUT2D eigenvalue weighted by atomic mass is 9.96. The summed E-state index contributed by atoms with van der Waals surface area (Å²) in [5.41, 5.74) is 1.89. The predicted octanol–water partition coefficient (Wildman–Crippen LogP) is 6.15. The van der Waals surface area contributed by atoms with E-state index in [1.54, 1.807) is 44.2 Å². The second kappa shape index (κ2) is 11.5. The number of rotatable bonds is 7. The van der Waals surface area contributed by atoms with Crippen LogP contribution in [-0.2, 0) is 9.53 Å². The monoisotopic (exact) mass is 596 g/mol. The van der Waals surface area contributed by atoms with Gasteiger partial charge in [0.25, 0.3) is 5.56 Å². The fourth-order valence-electron chi connectivity index (χ4n) is 4.51. The van der Waals surface area contributed by atoms with Crippen molar-refractivity contribution in [2.45, 2.75) is 39.8 Å². The van der Waals surface area contributed by atoms with Crippen molar-refractivity contribution in [3.8, 4) is 17.1 Å². The average Bonchev–Trinajstić information content (AvgIpc) is 3.49. The molecule has 3 heterocycles. The smallest absolute Gasteiger partial charge is 0.338 e. The van der Waals surface area contributed by atoms with E-state index in [-0.39, 0.29) is 18.3 Å². The third-order valence-electron chi connectivity index (χ3n) is 6.20. The number of allylic oxidation sites excluding steroid dienone is 1. The molecule has 4 aromatic rings. The maximum absolute atomic E-state index is 13.8. The molecule has 2 aromatic heterocycles. The molecule has 0 bridgehead atoms. The fourth-order valence-corrected chi connectivity index (χ4v) is 5.93. The Bertz CT molecular complexity index is 1800. The van der Waals surface area contributed by atoms with Gasteiger partial charge in [0.15, 0.2) is 4.80 Å². The van der Waals surface area contributed by atoms with Gasteiger partial charge in [-0.05, 0) is 69.7 Å². The number of hydrogen-bond acceptors (Lipinski definition) is 7. The molecule has 1 atom stereocenters. The lowest BCUT2D eigenvalue weighted by molar-refractivity contribution is -0.139. The standard InChI is InChI=1S/C30H26Cl2N2O5S/c1-5-37-29(36)25-17(4)33-30-34(27(25)18-9-11-19(12-10-18)38-16(2)3)28(35)24(40-30)15-20-13-14-23(39-20)21-7-6-8-22(31)26(21)32/h6-16,27H,5H2,1-4H3/b24-15-/t27-/m1/s1. The molecular formula is C30H26Cl2N2O5S. The molecule has 7 nitrogen and oxygen atoms in total. The largest absolute Gasteiger partial charge is 0.491 e. The van der Waals surface area contributed by atoms with Gasteiger partial charge in [-0.3, -0.25) is 9.36 Å². The maximum atomic E-state index is 13.8. The Hall–Kier alpha value is -3.59. The van der Waals surface area contributed by atoms with Crippen molar-refractivity contribution in [2.24, 2.45) is 4.99 Å². The van der Waals surface area contributed by atoms with Gasteiger partial charge in [-0.15, -0.1) is 0 Å². The number of thiazole rings is 1. The normalized spacial score (nSPS) is 15.3. The molecule has 0 unspecified atom stereocenters. The minimum Gasteiger partial charge on any atom is -0.491 e. The van der Waals surface area contributed by atoms with E-state index in [4.69, 9.17) is 37.1 Å². The van der Waals surface area contributed by atoms with Gasteiger partial charge >= 0.3 is 5.97 Å². The van der Waals surface area contributed by atoms with E-state index < -0.39 is 12.0 Å². The van der Waals surface area contributed by atoms with Gasteiger partial charge in [0.2, 0.25) is 0 Å². The van der Waals surface area contributed by atoms with Crippen molar-refractivity contribution in [1.82, 2.24) is 4.57 Å². The van der Waals surface area contributed by atoms with E-state index in [9.17, 15) is 9.59 Å². The average molecular weight is 598 g/mol. The number of carbonyl (C=O) groups excluding carboxylic acids is 1. The van der Waals surface area contributed by atoms with E-state index >= 15 is 0 Å². The molecule has 1 aliphatic heterocycles. The number of hydrogen-bond donors (Lipinski definition) is 0. The molecule has 1 aliphatic rings. The van der Waals surface area contributed by atoms with Crippen molar-refractivity contribution < 1.29 is 18.7 Å². The minimum absolute atomic E-state index is 0.0118. The number of benzene rings is 2. The van der Waals surface area contributed by atoms with Crippen LogP contribution in [0.5, 0.6) is 5.75 Å². The van der Waals surface area contributed by atoms with E-state index in [0.717, 1.165) is 5.56 Å². The first-order valence-corrected chi connectivity index (χ1v) is 14.3. The summed E-state index contributed by atoms with van der Waals surface area (Å²) in [7, 11) is 0. The highest BCUT2D eigenvalue weighted by Gasteiger charge is 2.33. The van der Waals surface area contributed by atoms with Crippen LogP contribution in [-0.4, -0.2) is 23.2 Å². The highest BCUT2D eigenvalue weighted by molar-refractivity contribution is 7.07. The summed E-state index contributed by atoms with van der Waals surface area (Å²) in [5.74, 6) is 1.16. The topological polar surface area (TPSA) is 83.0 Å². The van der Waals surface area contributed by atoms with Crippen LogP contribution in [0.15, 0.2) is 80.1 Å². The van der Waals surface area contributed by atoms with Crippen LogP contribution in [0.25, 0.3) is 17.4 Å². The zero-order valence-electron chi connectivity index (χ0n) is 22.2. The molecule has 0 saturated carbocycles. The molecule has 5 rings (SSSR count). The predicted molar refractivity (Wildman–Crippen MR) is 157 cm³/mol. The number of fused-ring (bicyclic) bond motifs is 1. The molecule has 0 fully saturated rings. The lowest BCUT2D eigenvalue weighted by Crippen LogP contribution is -2.39. The van der Waals surface area contributed by atoms with Crippen LogP contribution >= 0.6 is 34.5 Å². The first-order chi connectivity index (χ1) is 19.2. The molecule has 0 spiro atoms. The molecule has 0 aliphatic carbocycles. The first kappa shape index (κ1) is 28.0. The van der Waals surface area contributed by atoms with Gasteiger partial charge in [0.05, 0.1) is 44.6 Å². The number of halogens is 2. The summed E-state index contributed by atoms with van der Waals surface area (Å²) in [6.07, 6.45) is 1.67. The third-order valence-corrected chi connectivity index (χ3v) is 8.00. The Morgan fingerprint density at radius 2 is 1.90 bits per heavy atom. The summed E-state index contributed by atoms with van der Waals surface area (Å²) in [6.45, 7) is 7.58. The number of esters is 1. The summed E-state index contributed by atoms with van der Waals surface area (Å²) >= 11 is 13.7. The highest BCUT2D eigenvalue weighted by Crippen LogP contribution is 2.35. The molecular weight excluding hydrogens is 571 g/mol. The number of nitrogens with zero attached hydrogens (tertiary/aromatic N) is 2. The van der Waals surface area contributed by atoms with Gasteiger partial charge in [-0.1, -0.05) is 52.7 Å². The SMILES string of the molecule is CCOC(=O)C1=C(C)N=c2s/c(=C\c3ccc(-c4cccc(Cl)c4Cl)o3)c(=O)n2[C@@H]1c1ccc(OC(C)C)cc1. The molecule has 206 valence electrons. The van der Waals surface area contributed by atoms with Crippen molar-refractivity contribution in [2.75, 3.05) is 6.61 Å². The van der Waals surface area contributed by atoms with Crippen molar-refractivity contribution in [3.05, 3.63) is 107 Å². The van der Waals surface area contributed by atoms with Crippen LogP contribution < -0.4 is 19.6 Å². The summed E-state index contributed by atoms with van der Waals surface area (Å²) in [4.78, 5) is 32.0. The second-order valence-corrected chi connectivity index (χ2v) is 11.1. The summed E-state index contributed by atoms with van der Waals surface area (Å²) in [5, 5.41) is 0.804. The molecule has 0 N–H and O–H groups in total. The Balaban J connectivity index is 1.61. The quantitative estimate of drug-likeness (QED) is 0.239. The van der Waals surface area contributed by atoms with E-state index in [1.807, 2.05) is 44.2 Å². The highest BCUT2D eigenvalue weighted by atomic mass is 35.5. The Morgan fingerprint density at radius 3 is 2.60 bits per heavy atom. The van der Waals surface area contributed by atoms with Crippen molar-refractivity contribution >= 4 is 46.6 Å². The zero-order chi connectivity index (χ0) is 28.6. The van der Waals surface area contributed by atoms with Crippen LogP contribution in [0.3, 0.4) is 0 Å². The van der Waals surface area contributed by atoms with E-state index in [0.29, 0.717) is 53.5 Å². The van der Waals surface area contributed by atoms with Crippen LogP contribution in [0, 0.1) is 0 Å². The number of furan rings is 1. The Kier molecular flexibility index (Phi) is 8.03. The van der Waals surface area contributed by atoms with Gasteiger partial charge in [0, 0.05) is 11.6 Å². The molecule has 2 aromatic carbocycles. The number of aromatic nitrogens is 1. The minimum atomic E-state index is -0.719. The number of ether oxygens (including phenoxy) is 2. The van der Waals surface area contributed by atoms with Crippen LogP contribution in [0.1, 0.15) is 45.1 Å². The maximum Gasteiger partial charge on any atom is 0.338 e. The lowest BCUT2D eigenvalue weighted by Gasteiger charge is -2.25. The molecule has 40 heavy (non-hydrogen) atoms. The third kappa shape index (κ3) is 5.39. The molecule has 0 amide bonds. The summed E-state index contributed by atoms with van der Waals surface area (Å²) in [6, 6.07) is 15.5. The second-order valence-electron chi connectivity index (χ2n) is 9.34. The van der Waals surface area contributed by atoms with Crippen molar-refractivity contribution in [3.63, 3.8) is 0 Å². The fraction of sp³-hybridized carbons (Fsp3) is 0.233. The Labute approximate surface area is 244 Å². The van der Waals surface area contributed by atoms with Gasteiger partial charge in [0.1, 0.15) is 17.3 Å². The van der Waals surface area contributed by atoms with Gasteiger partial charge in [-0.25, -0.2) is 9.79 Å². The van der Waals surface area contributed by atoms with Crippen LogP contribution in [0.2, 0.25) is 10.0 Å².